The van der Waals surface area contributed by atoms with Crippen LogP contribution < -0.4 is 10.2 Å². The molecule has 1 aliphatic heterocycles. The zero-order valence-corrected chi connectivity index (χ0v) is 19.2. The van der Waals surface area contributed by atoms with Crippen LogP contribution in [0, 0.1) is 24.2 Å². The number of hydrogen-bond acceptors (Lipinski definition) is 8. The van der Waals surface area contributed by atoms with E-state index in [1.54, 1.807) is 13.3 Å². The van der Waals surface area contributed by atoms with Crippen LogP contribution in [0.15, 0.2) is 48.8 Å². The van der Waals surface area contributed by atoms with E-state index < -0.39 is 0 Å². The Labute approximate surface area is 197 Å². The van der Waals surface area contributed by atoms with E-state index >= 15 is 0 Å². The first kappa shape index (κ1) is 21.5. The number of aryl methyl sites for hydroxylation is 1. The van der Waals surface area contributed by atoms with Gasteiger partial charge < -0.3 is 10.2 Å². The molecule has 9 nitrogen and oxygen atoms in total. The van der Waals surface area contributed by atoms with Gasteiger partial charge in [0.15, 0.2) is 11.6 Å². The molecule has 0 spiro atoms. The van der Waals surface area contributed by atoms with E-state index in [0.29, 0.717) is 29.6 Å². The summed E-state index contributed by atoms with van der Waals surface area (Å²) < 4.78 is 1.90. The summed E-state index contributed by atoms with van der Waals surface area (Å²) in [6.45, 7) is 6.06. The van der Waals surface area contributed by atoms with Crippen molar-refractivity contribution in [2.24, 2.45) is 5.92 Å². The summed E-state index contributed by atoms with van der Waals surface area (Å²) >= 11 is 0. The number of nitriles is 1. The Kier molecular flexibility index (Phi) is 5.42. The number of carbonyl (C=O) groups excluding carboxylic acids is 1. The summed E-state index contributed by atoms with van der Waals surface area (Å²) in [6, 6.07) is 15.7. The number of nitrogens with one attached hydrogen (secondary N) is 1. The Bertz CT molecular complexity index is 1420. The van der Waals surface area contributed by atoms with Crippen LogP contribution >= 0.6 is 0 Å². The number of imidazole rings is 1. The van der Waals surface area contributed by atoms with Gasteiger partial charge in [0.05, 0.1) is 34.3 Å². The minimum Gasteiger partial charge on any atom is -0.352 e. The van der Waals surface area contributed by atoms with Crippen LogP contribution in [0.5, 0.6) is 0 Å². The quantitative estimate of drug-likeness (QED) is 0.448. The zero-order valence-electron chi connectivity index (χ0n) is 19.2. The van der Waals surface area contributed by atoms with Crippen LogP contribution in [-0.4, -0.2) is 43.1 Å². The van der Waals surface area contributed by atoms with E-state index in [9.17, 15) is 10.1 Å². The molecular formula is C25H24N8O. The number of rotatable bonds is 5. The SMILES string of the molecule is CC(=O)c1ccc(-n2cnc3ccc(Nc4ccc(C)nn4)cc32)nc1N1CC(C#N)CC1C. The highest BCUT2D eigenvalue weighted by Crippen LogP contribution is 2.32. The first-order valence-corrected chi connectivity index (χ1v) is 11.2. The van der Waals surface area contributed by atoms with Gasteiger partial charge in [0.25, 0.3) is 0 Å². The molecule has 0 amide bonds. The number of pyridine rings is 1. The molecule has 0 saturated carbocycles. The second kappa shape index (κ2) is 8.56. The third-order valence-electron chi connectivity index (χ3n) is 6.13. The van der Waals surface area contributed by atoms with Gasteiger partial charge in [-0.1, -0.05) is 0 Å². The van der Waals surface area contributed by atoms with Crippen molar-refractivity contribution in [3.8, 4) is 11.9 Å². The fourth-order valence-electron chi connectivity index (χ4n) is 4.37. The van der Waals surface area contributed by atoms with Crippen LogP contribution in [-0.2, 0) is 0 Å². The lowest BCUT2D eigenvalue weighted by molar-refractivity contribution is 0.101. The summed E-state index contributed by atoms with van der Waals surface area (Å²) in [5, 5.41) is 20.9. The molecule has 1 fully saturated rings. The van der Waals surface area contributed by atoms with Crippen LogP contribution in [0.25, 0.3) is 16.9 Å². The number of nitrogens with zero attached hydrogens (tertiary/aromatic N) is 7. The molecule has 34 heavy (non-hydrogen) atoms. The highest BCUT2D eigenvalue weighted by molar-refractivity contribution is 5.99. The Morgan fingerprint density at radius 2 is 2.03 bits per heavy atom. The Morgan fingerprint density at radius 3 is 2.74 bits per heavy atom. The number of carbonyl (C=O) groups is 1. The van der Waals surface area contributed by atoms with Crippen molar-refractivity contribution in [2.75, 3.05) is 16.8 Å². The molecular weight excluding hydrogens is 428 g/mol. The molecule has 1 N–H and O–H groups in total. The number of hydrogen-bond donors (Lipinski definition) is 1. The van der Waals surface area contributed by atoms with Crippen molar-refractivity contribution in [2.45, 2.75) is 33.2 Å². The summed E-state index contributed by atoms with van der Waals surface area (Å²) in [4.78, 5) is 23.8. The van der Waals surface area contributed by atoms with E-state index in [1.165, 1.54) is 0 Å². The van der Waals surface area contributed by atoms with Gasteiger partial charge in [-0.15, -0.1) is 5.10 Å². The molecule has 1 aromatic carbocycles. The second-order valence-corrected chi connectivity index (χ2v) is 8.66. The summed E-state index contributed by atoms with van der Waals surface area (Å²) in [7, 11) is 0. The number of ketones is 1. The predicted octanol–water partition coefficient (Wildman–Crippen LogP) is 4.20. The number of fused-ring (bicyclic) bond motifs is 1. The van der Waals surface area contributed by atoms with E-state index in [4.69, 9.17) is 4.98 Å². The normalized spacial score (nSPS) is 17.6. The molecule has 2 unspecified atom stereocenters. The topological polar surface area (TPSA) is 113 Å². The van der Waals surface area contributed by atoms with Gasteiger partial charge >= 0.3 is 0 Å². The molecule has 0 aliphatic carbocycles. The van der Waals surface area contributed by atoms with E-state index in [-0.39, 0.29) is 17.7 Å². The highest BCUT2D eigenvalue weighted by Gasteiger charge is 2.32. The van der Waals surface area contributed by atoms with E-state index in [0.717, 1.165) is 28.8 Å². The summed E-state index contributed by atoms with van der Waals surface area (Å²) in [6.07, 6.45) is 2.48. The van der Waals surface area contributed by atoms with Gasteiger partial charge in [0.2, 0.25) is 0 Å². The molecule has 170 valence electrons. The predicted molar refractivity (Wildman–Crippen MR) is 129 cm³/mol. The maximum absolute atomic E-state index is 12.4. The Hall–Kier alpha value is -4.32. The minimum absolute atomic E-state index is 0.0529. The maximum atomic E-state index is 12.4. The zero-order chi connectivity index (χ0) is 23.8. The Balaban J connectivity index is 1.55. The number of Topliss-reactive ketones (excluding diaryl/α,β-unsaturated/α-hetero) is 1. The lowest BCUT2D eigenvalue weighted by atomic mass is 10.1. The van der Waals surface area contributed by atoms with Crippen molar-refractivity contribution >= 4 is 34.1 Å². The number of anilines is 3. The van der Waals surface area contributed by atoms with Crippen LogP contribution in [0.4, 0.5) is 17.3 Å². The molecule has 2 atom stereocenters. The molecule has 1 saturated heterocycles. The fraction of sp³-hybridized carbons (Fsp3) is 0.280. The number of aromatic nitrogens is 5. The molecule has 5 rings (SSSR count). The van der Waals surface area contributed by atoms with Crippen molar-refractivity contribution in [1.82, 2.24) is 24.7 Å². The Morgan fingerprint density at radius 1 is 1.18 bits per heavy atom. The van der Waals surface area contributed by atoms with E-state index in [2.05, 4.69) is 38.4 Å². The molecule has 1 aliphatic rings. The lowest BCUT2D eigenvalue weighted by Crippen LogP contribution is -2.29. The number of benzene rings is 1. The first-order valence-electron chi connectivity index (χ1n) is 11.2. The van der Waals surface area contributed by atoms with Gasteiger partial charge in [-0.25, -0.2) is 9.97 Å². The van der Waals surface area contributed by atoms with Crippen molar-refractivity contribution < 1.29 is 4.79 Å². The molecule has 9 heteroatoms. The monoisotopic (exact) mass is 452 g/mol. The minimum atomic E-state index is -0.0761. The van der Waals surface area contributed by atoms with Crippen LogP contribution in [0.3, 0.4) is 0 Å². The third kappa shape index (κ3) is 3.94. The highest BCUT2D eigenvalue weighted by atomic mass is 16.1. The van der Waals surface area contributed by atoms with Crippen LogP contribution in [0.1, 0.15) is 36.3 Å². The van der Waals surface area contributed by atoms with Gasteiger partial charge in [0.1, 0.15) is 18.0 Å². The molecule has 4 aromatic rings. The molecule has 4 heterocycles. The summed E-state index contributed by atoms with van der Waals surface area (Å²) in [5.41, 5.74) is 3.93. The molecule has 3 aromatic heterocycles. The largest absolute Gasteiger partial charge is 0.352 e. The standard InChI is InChI=1S/C25H24N8O/c1-15-4-8-23(31-30-15)28-19-5-7-21-22(11-19)33(14-27-21)24-9-6-20(17(3)34)25(29-24)32-13-18(12-26)10-16(32)2/h4-9,11,14,16,18H,10,13H2,1-3H3,(H,28,31). The maximum Gasteiger partial charge on any atom is 0.163 e. The van der Waals surface area contributed by atoms with Crippen molar-refractivity contribution in [1.29, 1.82) is 5.26 Å². The van der Waals surface area contributed by atoms with E-state index in [1.807, 2.05) is 54.0 Å². The van der Waals surface area contributed by atoms with Crippen molar-refractivity contribution in [3.63, 3.8) is 0 Å². The fourth-order valence-corrected chi connectivity index (χ4v) is 4.37. The second-order valence-electron chi connectivity index (χ2n) is 8.66. The smallest absolute Gasteiger partial charge is 0.163 e. The first-order chi connectivity index (χ1) is 16.4. The third-order valence-corrected chi connectivity index (χ3v) is 6.13. The van der Waals surface area contributed by atoms with Crippen molar-refractivity contribution in [3.05, 3.63) is 60.0 Å². The van der Waals surface area contributed by atoms with Gasteiger partial charge in [-0.05, 0) is 69.7 Å². The summed E-state index contributed by atoms with van der Waals surface area (Å²) in [5.74, 6) is 1.79. The van der Waals surface area contributed by atoms with Gasteiger partial charge in [-0.2, -0.15) is 10.4 Å². The molecule has 0 radical (unpaired) electrons. The lowest BCUT2D eigenvalue weighted by Gasteiger charge is -2.25. The van der Waals surface area contributed by atoms with Crippen LogP contribution in [0.2, 0.25) is 0 Å². The van der Waals surface area contributed by atoms with Gasteiger partial charge in [-0.3, -0.25) is 9.36 Å². The average Bonchev–Trinajstić information content (AvgIpc) is 3.43. The average molecular weight is 453 g/mol. The van der Waals surface area contributed by atoms with Gasteiger partial charge in [0, 0.05) is 18.3 Å². The molecule has 0 bridgehead atoms.